The predicted octanol–water partition coefficient (Wildman–Crippen LogP) is 6.83. The molecule has 3 aromatic carbocycles. The van der Waals surface area contributed by atoms with Gasteiger partial charge >= 0.3 is 6.36 Å². The Kier molecular flexibility index (Phi) is 6.53. The van der Waals surface area contributed by atoms with Gasteiger partial charge in [-0.25, -0.2) is 0 Å². The first kappa shape index (κ1) is 24.6. The summed E-state index contributed by atoms with van der Waals surface area (Å²) in [6.07, 6.45) is -4.95. The van der Waals surface area contributed by atoms with Gasteiger partial charge in [0, 0.05) is 17.3 Å². The van der Waals surface area contributed by atoms with Crippen molar-refractivity contribution >= 4 is 46.3 Å². The lowest BCUT2D eigenvalue weighted by atomic mass is 9.94. The Balaban J connectivity index is 1.92. The number of aliphatic hydroxyl groups is 1. The van der Waals surface area contributed by atoms with Crippen LogP contribution in [0.4, 0.5) is 18.9 Å². The third-order valence-corrected chi connectivity index (χ3v) is 6.06. The fourth-order valence-electron chi connectivity index (χ4n) is 3.88. The molecule has 0 aliphatic carbocycles. The Morgan fingerprint density at radius 2 is 1.69 bits per heavy atom. The van der Waals surface area contributed by atoms with E-state index >= 15 is 0 Å². The summed E-state index contributed by atoms with van der Waals surface area (Å²) in [4.78, 5) is 27.3. The van der Waals surface area contributed by atoms with Crippen molar-refractivity contribution < 1.29 is 32.6 Å². The highest BCUT2D eigenvalue weighted by molar-refractivity contribution is 6.51. The van der Waals surface area contributed by atoms with Crippen LogP contribution < -0.4 is 9.64 Å². The molecule has 1 amide bonds. The molecule has 5 nitrogen and oxygen atoms in total. The van der Waals surface area contributed by atoms with Crippen molar-refractivity contribution in [3.8, 4) is 5.75 Å². The molecule has 1 atom stereocenters. The van der Waals surface area contributed by atoms with Crippen molar-refractivity contribution in [2.24, 2.45) is 0 Å². The zero-order chi connectivity index (χ0) is 25.5. The number of alkyl halides is 3. The van der Waals surface area contributed by atoms with Gasteiger partial charge < -0.3 is 9.84 Å². The molecule has 4 rings (SSSR count). The SMILES string of the molecule is Cc1cccc(C2/C(=C(\O)c3ccc(Cl)c(Cl)c3)C(=O)C(=O)N2c2cccc(OC(F)(F)F)c2)c1. The molecule has 0 spiro atoms. The number of carbonyl (C=O) groups excluding carboxylic acids is 2. The minimum atomic E-state index is -4.95. The summed E-state index contributed by atoms with van der Waals surface area (Å²) in [7, 11) is 0. The number of nitrogens with zero attached hydrogens (tertiary/aromatic N) is 1. The van der Waals surface area contributed by atoms with Gasteiger partial charge in [-0.2, -0.15) is 0 Å². The van der Waals surface area contributed by atoms with Crippen molar-refractivity contribution in [1.29, 1.82) is 0 Å². The molecule has 1 N–H and O–H groups in total. The van der Waals surface area contributed by atoms with Crippen LogP contribution in [0.1, 0.15) is 22.7 Å². The van der Waals surface area contributed by atoms with Crippen LogP contribution in [0.15, 0.2) is 72.3 Å². The second-order valence-corrected chi connectivity index (χ2v) is 8.57. The molecule has 0 aromatic heterocycles. The topological polar surface area (TPSA) is 66.8 Å². The molecule has 0 radical (unpaired) electrons. The maximum Gasteiger partial charge on any atom is 0.573 e. The first-order valence-corrected chi connectivity index (χ1v) is 10.9. The van der Waals surface area contributed by atoms with E-state index in [9.17, 15) is 27.9 Å². The highest BCUT2D eigenvalue weighted by atomic mass is 35.5. The lowest BCUT2D eigenvalue weighted by Crippen LogP contribution is -2.29. The first-order valence-electron chi connectivity index (χ1n) is 10.1. The van der Waals surface area contributed by atoms with Crippen LogP contribution in [0.25, 0.3) is 5.76 Å². The van der Waals surface area contributed by atoms with Gasteiger partial charge in [0.05, 0.1) is 21.7 Å². The number of carbonyl (C=O) groups is 2. The Hall–Kier alpha value is -3.49. The molecule has 1 heterocycles. The number of ether oxygens (including phenoxy) is 1. The molecule has 3 aromatic rings. The number of hydrogen-bond donors (Lipinski definition) is 1. The highest BCUT2D eigenvalue weighted by Gasteiger charge is 2.47. The highest BCUT2D eigenvalue weighted by Crippen LogP contribution is 2.43. The van der Waals surface area contributed by atoms with Gasteiger partial charge in [0.15, 0.2) is 0 Å². The molecule has 0 saturated carbocycles. The van der Waals surface area contributed by atoms with E-state index in [1.54, 1.807) is 31.2 Å². The molecule has 1 saturated heterocycles. The minimum absolute atomic E-state index is 0.0199. The number of ketones is 1. The molecule has 1 aliphatic rings. The Labute approximate surface area is 207 Å². The average Bonchev–Trinajstić information content (AvgIpc) is 3.05. The number of halogens is 5. The fourth-order valence-corrected chi connectivity index (χ4v) is 4.18. The van der Waals surface area contributed by atoms with E-state index in [0.717, 1.165) is 22.6 Å². The molecule has 10 heteroatoms. The summed E-state index contributed by atoms with van der Waals surface area (Å²) in [5, 5.41) is 11.4. The molecule has 35 heavy (non-hydrogen) atoms. The molecular formula is C25H16Cl2F3NO4. The van der Waals surface area contributed by atoms with Crippen LogP contribution in [-0.4, -0.2) is 23.2 Å². The van der Waals surface area contributed by atoms with Crippen molar-refractivity contribution in [1.82, 2.24) is 0 Å². The van der Waals surface area contributed by atoms with Gasteiger partial charge in [-0.1, -0.05) is 59.1 Å². The van der Waals surface area contributed by atoms with E-state index in [-0.39, 0.29) is 26.9 Å². The van der Waals surface area contributed by atoms with E-state index in [1.165, 1.54) is 30.3 Å². The monoisotopic (exact) mass is 521 g/mol. The van der Waals surface area contributed by atoms with Crippen LogP contribution in [-0.2, 0) is 9.59 Å². The van der Waals surface area contributed by atoms with Gasteiger partial charge in [-0.05, 0) is 42.8 Å². The van der Waals surface area contributed by atoms with Crippen molar-refractivity contribution in [2.45, 2.75) is 19.3 Å². The van der Waals surface area contributed by atoms with E-state index in [2.05, 4.69) is 4.74 Å². The Morgan fingerprint density at radius 3 is 2.34 bits per heavy atom. The number of rotatable bonds is 4. The van der Waals surface area contributed by atoms with Crippen molar-refractivity contribution in [2.75, 3.05) is 4.90 Å². The molecule has 1 unspecified atom stereocenters. The Bertz CT molecular complexity index is 1370. The standard InChI is InChI=1S/C25H16Cl2F3NO4/c1-13-4-2-5-14(10-13)21-20(22(32)15-8-9-18(26)19(27)11-15)23(33)24(34)31(21)16-6-3-7-17(12-16)35-25(28,29)30/h2-12,21,32H,1H3/b22-20+. The first-order chi connectivity index (χ1) is 16.5. The number of Topliss-reactive ketones (excluding diaryl/α,β-unsaturated/α-hetero) is 1. The molecular weight excluding hydrogens is 506 g/mol. The van der Waals surface area contributed by atoms with Crippen LogP contribution in [0, 0.1) is 6.92 Å². The number of benzene rings is 3. The van der Waals surface area contributed by atoms with E-state index in [4.69, 9.17) is 23.2 Å². The van der Waals surface area contributed by atoms with Crippen LogP contribution in [0.3, 0.4) is 0 Å². The summed E-state index contributed by atoms with van der Waals surface area (Å²) in [5.41, 5.74) is 1.14. The van der Waals surface area contributed by atoms with E-state index in [1.807, 2.05) is 0 Å². The largest absolute Gasteiger partial charge is 0.573 e. The maximum atomic E-state index is 13.2. The lowest BCUT2D eigenvalue weighted by molar-refractivity contribution is -0.274. The maximum absolute atomic E-state index is 13.2. The smallest absolute Gasteiger partial charge is 0.507 e. The van der Waals surface area contributed by atoms with Crippen LogP contribution in [0.5, 0.6) is 5.75 Å². The van der Waals surface area contributed by atoms with Crippen LogP contribution >= 0.6 is 23.2 Å². The van der Waals surface area contributed by atoms with Gasteiger partial charge in [0.1, 0.15) is 11.5 Å². The van der Waals surface area contributed by atoms with Crippen molar-refractivity contribution in [3.63, 3.8) is 0 Å². The van der Waals surface area contributed by atoms with Crippen LogP contribution in [0.2, 0.25) is 10.0 Å². The van der Waals surface area contributed by atoms with Gasteiger partial charge in [0.25, 0.3) is 11.7 Å². The summed E-state index contributed by atoms with van der Waals surface area (Å²) >= 11 is 12.0. The third kappa shape index (κ3) is 4.99. The number of anilines is 1. The second-order valence-electron chi connectivity index (χ2n) is 7.76. The lowest BCUT2D eigenvalue weighted by Gasteiger charge is -2.26. The Morgan fingerprint density at radius 1 is 0.971 bits per heavy atom. The summed E-state index contributed by atoms with van der Waals surface area (Å²) in [6, 6.07) is 14.6. The molecule has 1 aliphatic heterocycles. The second kappa shape index (κ2) is 9.28. The van der Waals surface area contributed by atoms with Gasteiger partial charge in [0.2, 0.25) is 0 Å². The number of amides is 1. The minimum Gasteiger partial charge on any atom is -0.507 e. The van der Waals surface area contributed by atoms with Gasteiger partial charge in [-0.15, -0.1) is 13.2 Å². The summed E-state index contributed by atoms with van der Waals surface area (Å²) < 4.78 is 42.3. The molecule has 0 bridgehead atoms. The molecule has 180 valence electrons. The van der Waals surface area contributed by atoms with Crippen molar-refractivity contribution in [3.05, 3.63) is 99.0 Å². The third-order valence-electron chi connectivity index (χ3n) is 5.32. The molecule has 1 fully saturated rings. The summed E-state index contributed by atoms with van der Waals surface area (Å²) in [6.45, 7) is 1.80. The van der Waals surface area contributed by atoms with E-state index < -0.39 is 35.6 Å². The average molecular weight is 522 g/mol. The number of aliphatic hydroxyl groups excluding tert-OH is 1. The zero-order valence-corrected chi connectivity index (χ0v) is 19.4. The van der Waals surface area contributed by atoms with E-state index in [0.29, 0.717) is 5.56 Å². The number of hydrogen-bond acceptors (Lipinski definition) is 4. The number of aryl methyl sites for hydroxylation is 1. The predicted molar refractivity (Wildman–Crippen MR) is 126 cm³/mol. The fraction of sp³-hybridized carbons (Fsp3) is 0.120. The zero-order valence-electron chi connectivity index (χ0n) is 17.9. The summed E-state index contributed by atoms with van der Waals surface area (Å²) in [5.74, 6) is -3.10. The van der Waals surface area contributed by atoms with Gasteiger partial charge in [-0.3, -0.25) is 14.5 Å². The quantitative estimate of drug-likeness (QED) is 0.232. The normalized spacial score (nSPS) is 17.7.